The maximum Gasteiger partial charge on any atom is 0.242 e. The number of hydrogen-bond acceptors (Lipinski definition) is 4. The zero-order valence-corrected chi connectivity index (χ0v) is 17.3. The molecule has 1 amide bonds. The van der Waals surface area contributed by atoms with Gasteiger partial charge in [0.15, 0.2) is 5.82 Å². The second kappa shape index (κ2) is 8.05. The Morgan fingerprint density at radius 2 is 1.81 bits per heavy atom. The monoisotopic (exact) mass is 441 g/mol. The minimum atomic E-state index is -0.591. The molecule has 1 N–H and O–H groups in total. The summed E-state index contributed by atoms with van der Waals surface area (Å²) in [4.78, 5) is 19.3. The molecule has 1 saturated heterocycles. The van der Waals surface area contributed by atoms with Gasteiger partial charge >= 0.3 is 0 Å². The van der Waals surface area contributed by atoms with Gasteiger partial charge in [0.25, 0.3) is 0 Å². The van der Waals surface area contributed by atoms with Crippen molar-refractivity contribution in [3.8, 4) is 11.4 Å². The Morgan fingerprint density at radius 1 is 1.03 bits per heavy atom. The van der Waals surface area contributed by atoms with Crippen molar-refractivity contribution in [2.45, 2.75) is 37.9 Å². The highest BCUT2D eigenvalue weighted by molar-refractivity contribution is 5.77. The molecular weight excluding hydrogens is 419 g/mol. The van der Waals surface area contributed by atoms with Gasteiger partial charge in [-0.1, -0.05) is 18.2 Å². The maximum absolute atomic E-state index is 14.0. The zero-order valence-electron chi connectivity index (χ0n) is 17.3. The molecule has 0 bridgehead atoms. The molecule has 166 valence electrons. The van der Waals surface area contributed by atoms with Crippen LogP contribution in [0.15, 0.2) is 42.5 Å². The second-order valence-electron chi connectivity index (χ2n) is 8.54. The maximum atomic E-state index is 14.0. The van der Waals surface area contributed by atoms with E-state index >= 15 is 0 Å². The number of nitrogens with zero attached hydrogens (tertiary/aromatic N) is 4. The van der Waals surface area contributed by atoms with E-state index in [1.165, 1.54) is 24.3 Å². The van der Waals surface area contributed by atoms with Gasteiger partial charge in [-0.3, -0.25) is 9.69 Å². The van der Waals surface area contributed by atoms with Crippen LogP contribution in [0.25, 0.3) is 11.4 Å². The fourth-order valence-electron chi connectivity index (χ4n) is 4.53. The molecule has 3 heterocycles. The third-order valence-electron chi connectivity index (χ3n) is 6.25. The molecule has 3 aromatic rings. The number of amides is 1. The number of carbonyl (C=O) groups is 1. The summed E-state index contributed by atoms with van der Waals surface area (Å²) in [6, 6.07) is 9.70. The van der Waals surface area contributed by atoms with Crippen LogP contribution in [-0.2, 0) is 24.3 Å². The zero-order chi connectivity index (χ0) is 22.3. The summed E-state index contributed by atoms with van der Waals surface area (Å²) in [5.41, 5.74) is 0.554. The van der Waals surface area contributed by atoms with Crippen LogP contribution in [-0.4, -0.2) is 44.2 Å². The van der Waals surface area contributed by atoms with E-state index < -0.39 is 17.2 Å². The van der Waals surface area contributed by atoms with E-state index in [-0.39, 0.29) is 18.3 Å². The van der Waals surface area contributed by atoms with Crippen LogP contribution in [0, 0.1) is 17.5 Å². The molecule has 0 atom stereocenters. The van der Waals surface area contributed by atoms with Gasteiger partial charge < -0.3 is 5.32 Å². The summed E-state index contributed by atoms with van der Waals surface area (Å²) >= 11 is 0. The summed E-state index contributed by atoms with van der Waals surface area (Å²) in [7, 11) is 0. The Balaban J connectivity index is 1.32. The fraction of sp³-hybridized carbons (Fsp3) is 0.348. The van der Waals surface area contributed by atoms with Gasteiger partial charge in [0.05, 0.1) is 0 Å². The van der Waals surface area contributed by atoms with E-state index in [1.807, 2.05) is 0 Å². The van der Waals surface area contributed by atoms with Crippen molar-refractivity contribution in [3.05, 3.63) is 71.3 Å². The molecule has 0 aliphatic carbocycles. The van der Waals surface area contributed by atoms with E-state index in [2.05, 4.69) is 20.3 Å². The Morgan fingerprint density at radius 3 is 2.56 bits per heavy atom. The van der Waals surface area contributed by atoms with Crippen molar-refractivity contribution in [1.82, 2.24) is 25.0 Å². The lowest BCUT2D eigenvalue weighted by Gasteiger charge is -2.41. The van der Waals surface area contributed by atoms with Crippen molar-refractivity contribution in [2.24, 2.45) is 0 Å². The summed E-state index contributed by atoms with van der Waals surface area (Å²) < 4.78 is 42.4. The highest BCUT2D eigenvalue weighted by Crippen LogP contribution is 2.30. The minimum absolute atomic E-state index is 0.0594. The van der Waals surface area contributed by atoms with Crippen LogP contribution < -0.4 is 5.32 Å². The molecule has 9 heteroatoms. The molecular formula is C23H22F3N5O. The smallest absolute Gasteiger partial charge is 0.242 e. The molecule has 1 fully saturated rings. The van der Waals surface area contributed by atoms with E-state index in [9.17, 15) is 18.0 Å². The molecule has 5 rings (SSSR count). The summed E-state index contributed by atoms with van der Waals surface area (Å²) in [6.07, 6.45) is 1.85. The van der Waals surface area contributed by atoms with E-state index in [0.29, 0.717) is 61.7 Å². The standard InChI is InChI=1S/C23H22F3N5O/c24-17-3-1-2-15(10-17)22-27-20-12-23(28-21(32)14-31(20)29-22)6-8-30(9-7-23)13-16-4-5-18(25)11-19(16)26/h1-5,10-11H,6-9,12-14H2,(H,28,32). The van der Waals surface area contributed by atoms with Crippen LogP contribution >= 0.6 is 0 Å². The fourth-order valence-corrected chi connectivity index (χ4v) is 4.53. The Hall–Kier alpha value is -3.20. The summed E-state index contributed by atoms with van der Waals surface area (Å²) in [5.74, 6) is -0.573. The van der Waals surface area contributed by atoms with Crippen molar-refractivity contribution >= 4 is 5.91 Å². The predicted octanol–water partition coefficient (Wildman–Crippen LogP) is 3.07. The third kappa shape index (κ3) is 4.12. The first-order valence-electron chi connectivity index (χ1n) is 10.6. The van der Waals surface area contributed by atoms with Crippen LogP contribution in [0.3, 0.4) is 0 Å². The highest BCUT2D eigenvalue weighted by Gasteiger charge is 2.40. The number of nitrogens with one attached hydrogen (secondary N) is 1. The van der Waals surface area contributed by atoms with Gasteiger partial charge in [0, 0.05) is 48.8 Å². The number of aromatic nitrogens is 3. The van der Waals surface area contributed by atoms with Crippen molar-refractivity contribution in [1.29, 1.82) is 0 Å². The molecule has 32 heavy (non-hydrogen) atoms. The number of hydrogen-bond donors (Lipinski definition) is 1. The average molecular weight is 441 g/mol. The number of rotatable bonds is 3. The molecule has 2 aliphatic rings. The minimum Gasteiger partial charge on any atom is -0.349 e. The molecule has 0 radical (unpaired) electrons. The molecule has 1 spiro atoms. The highest BCUT2D eigenvalue weighted by atomic mass is 19.1. The Labute approximate surface area is 183 Å². The van der Waals surface area contributed by atoms with Crippen LogP contribution in [0.5, 0.6) is 0 Å². The first kappa shape index (κ1) is 20.7. The SMILES string of the molecule is O=C1Cn2nc(-c3cccc(F)c3)nc2CC2(CCN(Cc3ccc(F)cc3F)CC2)N1. The lowest BCUT2D eigenvalue weighted by atomic mass is 9.84. The Kier molecular flexibility index (Phi) is 5.21. The first-order chi connectivity index (χ1) is 15.4. The van der Waals surface area contributed by atoms with Crippen LogP contribution in [0.4, 0.5) is 13.2 Å². The molecule has 0 saturated carbocycles. The predicted molar refractivity (Wildman–Crippen MR) is 111 cm³/mol. The van der Waals surface area contributed by atoms with Crippen molar-refractivity contribution < 1.29 is 18.0 Å². The van der Waals surface area contributed by atoms with Gasteiger partial charge in [-0.05, 0) is 31.0 Å². The van der Waals surface area contributed by atoms with E-state index in [0.717, 1.165) is 6.07 Å². The number of halogens is 3. The number of piperidine rings is 1. The van der Waals surface area contributed by atoms with Crippen molar-refractivity contribution in [3.63, 3.8) is 0 Å². The topological polar surface area (TPSA) is 63.1 Å². The molecule has 0 unspecified atom stereocenters. The van der Waals surface area contributed by atoms with Gasteiger partial charge in [0.2, 0.25) is 5.91 Å². The lowest BCUT2D eigenvalue weighted by Crippen LogP contribution is -2.56. The quantitative estimate of drug-likeness (QED) is 0.679. The normalized spacial score (nSPS) is 18.3. The molecule has 2 aromatic carbocycles. The number of fused-ring (bicyclic) bond motifs is 1. The van der Waals surface area contributed by atoms with E-state index in [4.69, 9.17) is 0 Å². The lowest BCUT2D eigenvalue weighted by molar-refractivity contribution is -0.123. The van der Waals surface area contributed by atoms with Gasteiger partial charge in [-0.15, -0.1) is 0 Å². The molecule has 1 aromatic heterocycles. The van der Waals surface area contributed by atoms with Crippen LogP contribution in [0.2, 0.25) is 0 Å². The number of likely N-dealkylation sites (tertiary alicyclic amines) is 1. The Bertz CT molecular complexity index is 1170. The number of benzene rings is 2. The summed E-state index contributed by atoms with van der Waals surface area (Å²) in [6.45, 7) is 1.75. The van der Waals surface area contributed by atoms with Gasteiger partial charge in [0.1, 0.15) is 29.8 Å². The largest absolute Gasteiger partial charge is 0.349 e. The van der Waals surface area contributed by atoms with E-state index in [1.54, 1.807) is 16.8 Å². The average Bonchev–Trinajstić information content (AvgIpc) is 3.08. The van der Waals surface area contributed by atoms with Gasteiger partial charge in [-0.2, -0.15) is 5.10 Å². The third-order valence-corrected chi connectivity index (χ3v) is 6.25. The molecule has 6 nitrogen and oxygen atoms in total. The van der Waals surface area contributed by atoms with Crippen molar-refractivity contribution in [2.75, 3.05) is 13.1 Å². The first-order valence-corrected chi connectivity index (χ1v) is 10.6. The summed E-state index contributed by atoms with van der Waals surface area (Å²) in [5, 5.41) is 7.58. The molecule has 2 aliphatic heterocycles. The van der Waals surface area contributed by atoms with Gasteiger partial charge in [-0.25, -0.2) is 22.8 Å². The number of carbonyl (C=O) groups excluding carboxylic acids is 1. The second-order valence-corrected chi connectivity index (χ2v) is 8.54. The van der Waals surface area contributed by atoms with Crippen LogP contribution in [0.1, 0.15) is 24.2 Å².